The molecule has 1 saturated heterocycles. The van der Waals surface area contributed by atoms with Gasteiger partial charge in [-0.3, -0.25) is 4.21 Å². The first-order valence-corrected chi connectivity index (χ1v) is 9.05. The van der Waals surface area contributed by atoms with Crippen molar-refractivity contribution in [2.45, 2.75) is 25.1 Å². The number of urea groups is 1. The fourth-order valence-corrected chi connectivity index (χ4v) is 3.84. The first kappa shape index (κ1) is 17.1. The maximum atomic E-state index is 12.2. The van der Waals surface area contributed by atoms with Gasteiger partial charge in [0.2, 0.25) is 0 Å². The van der Waals surface area contributed by atoms with E-state index in [9.17, 15) is 9.00 Å². The molecule has 2 rings (SSSR count). The number of carbonyl (C=O) groups excluding carboxylic acids is 1. The molecule has 5 nitrogen and oxygen atoms in total. The molecule has 7 heteroatoms. The second-order valence-corrected chi connectivity index (χ2v) is 7.61. The maximum Gasteiger partial charge on any atom is 0.317 e. The summed E-state index contributed by atoms with van der Waals surface area (Å²) in [6, 6.07) is 6.98. The fraction of sp³-hybridized carbons (Fsp3) is 0.533. The highest BCUT2D eigenvalue weighted by Crippen LogP contribution is 2.17. The average Bonchev–Trinajstić information content (AvgIpc) is 2.49. The predicted octanol–water partition coefficient (Wildman–Crippen LogP) is 2.27. The molecule has 1 aromatic rings. The number of hydrogen-bond donors (Lipinski definition) is 1. The molecule has 1 aliphatic rings. The molecule has 0 unspecified atom stereocenters. The second-order valence-electron chi connectivity index (χ2n) is 5.26. The monoisotopic (exact) mass is 344 g/mol. The lowest BCUT2D eigenvalue weighted by Crippen LogP contribution is -2.55. The van der Waals surface area contributed by atoms with Crippen molar-refractivity contribution < 1.29 is 13.7 Å². The van der Waals surface area contributed by atoms with Gasteiger partial charge in [-0.2, -0.15) is 0 Å². The number of amides is 2. The molecule has 2 amide bonds. The molecular formula is C15H21ClN2O3S. The summed E-state index contributed by atoms with van der Waals surface area (Å²) in [7, 11) is -0.846. The molecule has 0 bridgehead atoms. The van der Waals surface area contributed by atoms with Gasteiger partial charge in [-0.25, -0.2) is 4.79 Å². The van der Waals surface area contributed by atoms with Gasteiger partial charge < -0.3 is 15.0 Å². The average molecular weight is 345 g/mol. The standard InChI is InChI=1S/C15H21ClN2O3S/c1-11-12(2)22(20)9-7-18(11)15(19)17-6-8-21-14-5-3-4-13(16)10-14/h3-5,10-12H,6-9H2,1-2H3,(H,17,19)/t11-,12-,22+/m1/s1. The van der Waals surface area contributed by atoms with E-state index in [0.29, 0.717) is 36.2 Å². The van der Waals surface area contributed by atoms with Gasteiger partial charge in [0.25, 0.3) is 0 Å². The highest BCUT2D eigenvalue weighted by Gasteiger charge is 2.32. The van der Waals surface area contributed by atoms with Crippen LogP contribution in [0.5, 0.6) is 5.75 Å². The van der Waals surface area contributed by atoms with Crippen molar-refractivity contribution in [3.8, 4) is 5.75 Å². The molecule has 0 aromatic heterocycles. The van der Waals surface area contributed by atoms with Crippen molar-refractivity contribution in [1.82, 2.24) is 10.2 Å². The summed E-state index contributed by atoms with van der Waals surface area (Å²) >= 11 is 5.87. The van der Waals surface area contributed by atoms with E-state index >= 15 is 0 Å². The fourth-order valence-electron chi connectivity index (χ4n) is 2.32. The highest BCUT2D eigenvalue weighted by molar-refractivity contribution is 7.85. The van der Waals surface area contributed by atoms with Crippen molar-refractivity contribution in [3.63, 3.8) is 0 Å². The second kappa shape index (κ2) is 7.83. The molecule has 1 fully saturated rings. The summed E-state index contributed by atoms with van der Waals surface area (Å²) in [4.78, 5) is 13.9. The van der Waals surface area contributed by atoms with E-state index in [2.05, 4.69) is 5.32 Å². The quantitative estimate of drug-likeness (QED) is 0.852. The highest BCUT2D eigenvalue weighted by atomic mass is 35.5. The number of nitrogens with zero attached hydrogens (tertiary/aromatic N) is 1. The molecular weight excluding hydrogens is 324 g/mol. The Morgan fingerprint density at radius 2 is 2.27 bits per heavy atom. The lowest BCUT2D eigenvalue weighted by Gasteiger charge is -2.37. The van der Waals surface area contributed by atoms with Crippen LogP contribution in [0.2, 0.25) is 5.02 Å². The van der Waals surface area contributed by atoms with Crippen LogP contribution in [-0.4, -0.2) is 51.9 Å². The van der Waals surface area contributed by atoms with Crippen LogP contribution in [0.15, 0.2) is 24.3 Å². The van der Waals surface area contributed by atoms with Crippen molar-refractivity contribution in [2.24, 2.45) is 0 Å². The molecule has 0 aliphatic carbocycles. The molecule has 1 N–H and O–H groups in total. The maximum absolute atomic E-state index is 12.2. The summed E-state index contributed by atoms with van der Waals surface area (Å²) < 4.78 is 17.3. The zero-order valence-electron chi connectivity index (χ0n) is 12.8. The van der Waals surface area contributed by atoms with Crippen LogP contribution in [0.4, 0.5) is 4.79 Å². The first-order chi connectivity index (χ1) is 10.5. The largest absolute Gasteiger partial charge is 0.492 e. The Balaban J connectivity index is 1.75. The van der Waals surface area contributed by atoms with Crippen LogP contribution in [0.25, 0.3) is 0 Å². The SMILES string of the molecule is C[C@@H]1[C@@H](C)[S@@](=O)CCN1C(=O)NCCOc1cccc(Cl)c1. The summed E-state index contributed by atoms with van der Waals surface area (Å²) in [5, 5.41) is 3.45. The van der Waals surface area contributed by atoms with Gasteiger partial charge in [0.15, 0.2) is 0 Å². The Hall–Kier alpha value is -1.27. The Morgan fingerprint density at radius 3 is 3.00 bits per heavy atom. The van der Waals surface area contributed by atoms with E-state index in [1.165, 1.54) is 0 Å². The molecule has 0 radical (unpaired) electrons. The Labute approximate surface area is 138 Å². The number of halogens is 1. The molecule has 122 valence electrons. The van der Waals surface area contributed by atoms with Gasteiger partial charge in [0.1, 0.15) is 12.4 Å². The first-order valence-electron chi connectivity index (χ1n) is 7.29. The number of ether oxygens (including phenoxy) is 1. The van der Waals surface area contributed by atoms with Gasteiger partial charge in [-0.15, -0.1) is 0 Å². The van der Waals surface area contributed by atoms with Crippen LogP contribution in [0, 0.1) is 0 Å². The van der Waals surface area contributed by atoms with Gasteiger partial charge >= 0.3 is 6.03 Å². The van der Waals surface area contributed by atoms with Gasteiger partial charge in [-0.1, -0.05) is 17.7 Å². The molecule has 0 spiro atoms. The van der Waals surface area contributed by atoms with E-state index < -0.39 is 10.8 Å². The number of hydrogen-bond acceptors (Lipinski definition) is 3. The predicted molar refractivity (Wildman–Crippen MR) is 89.0 cm³/mol. The molecule has 3 atom stereocenters. The van der Waals surface area contributed by atoms with Crippen LogP contribution in [-0.2, 0) is 10.8 Å². The molecule has 1 aromatic carbocycles. The van der Waals surface area contributed by atoms with Crippen LogP contribution >= 0.6 is 11.6 Å². The van der Waals surface area contributed by atoms with Gasteiger partial charge in [-0.05, 0) is 32.0 Å². The molecule has 1 aliphatic heterocycles. The third-order valence-corrected chi connectivity index (χ3v) is 5.87. The lowest BCUT2D eigenvalue weighted by atomic mass is 10.2. The number of rotatable bonds is 4. The third kappa shape index (κ3) is 4.36. The van der Waals surface area contributed by atoms with Crippen molar-refractivity contribution in [2.75, 3.05) is 25.4 Å². The minimum absolute atomic E-state index is 0.00205. The third-order valence-electron chi connectivity index (χ3n) is 3.82. The Kier molecular flexibility index (Phi) is 6.08. The minimum Gasteiger partial charge on any atom is -0.492 e. The molecule has 1 heterocycles. The van der Waals surface area contributed by atoms with Crippen molar-refractivity contribution in [1.29, 1.82) is 0 Å². The zero-order chi connectivity index (χ0) is 16.1. The van der Waals surface area contributed by atoms with Crippen LogP contribution < -0.4 is 10.1 Å². The van der Waals surface area contributed by atoms with Crippen molar-refractivity contribution in [3.05, 3.63) is 29.3 Å². The normalized spacial score (nSPS) is 24.9. The number of nitrogens with one attached hydrogen (secondary N) is 1. The van der Waals surface area contributed by atoms with E-state index in [-0.39, 0.29) is 17.3 Å². The zero-order valence-corrected chi connectivity index (χ0v) is 14.3. The smallest absolute Gasteiger partial charge is 0.317 e. The Morgan fingerprint density at radius 1 is 1.50 bits per heavy atom. The topological polar surface area (TPSA) is 58.6 Å². The molecule has 0 saturated carbocycles. The summed E-state index contributed by atoms with van der Waals surface area (Å²) in [5.74, 6) is 1.22. The van der Waals surface area contributed by atoms with E-state index in [1.807, 2.05) is 26.0 Å². The van der Waals surface area contributed by atoms with E-state index in [0.717, 1.165) is 0 Å². The summed E-state index contributed by atoms with van der Waals surface area (Å²) in [6.07, 6.45) is 0. The minimum atomic E-state index is -0.846. The van der Waals surface area contributed by atoms with Crippen LogP contribution in [0.1, 0.15) is 13.8 Å². The van der Waals surface area contributed by atoms with Crippen LogP contribution in [0.3, 0.4) is 0 Å². The Bertz CT molecular complexity index is 555. The summed E-state index contributed by atoms with van der Waals surface area (Å²) in [6.45, 7) is 5.16. The molecule has 22 heavy (non-hydrogen) atoms. The van der Waals surface area contributed by atoms with Crippen molar-refractivity contribution >= 4 is 28.4 Å². The number of carbonyl (C=O) groups is 1. The lowest BCUT2D eigenvalue weighted by molar-refractivity contribution is 0.177. The van der Waals surface area contributed by atoms with Gasteiger partial charge in [0.05, 0.1) is 11.8 Å². The number of benzene rings is 1. The van der Waals surface area contributed by atoms with Gasteiger partial charge in [0, 0.05) is 34.2 Å². The van der Waals surface area contributed by atoms with E-state index in [1.54, 1.807) is 17.0 Å². The van der Waals surface area contributed by atoms with E-state index in [4.69, 9.17) is 16.3 Å². The summed E-state index contributed by atoms with van der Waals surface area (Å²) in [5.41, 5.74) is 0.